The molecular weight excluding hydrogens is 248 g/mol. The van der Waals surface area contributed by atoms with Crippen molar-refractivity contribution in [2.24, 2.45) is 0 Å². The van der Waals surface area contributed by atoms with E-state index >= 15 is 0 Å². The SMILES string of the molecule is Cc1cc(O)cc(-c2cc(C(=O)O)cc(O)c2O)c1. The Balaban J connectivity index is 2.70. The van der Waals surface area contributed by atoms with Gasteiger partial charge in [-0.25, -0.2) is 4.79 Å². The van der Waals surface area contributed by atoms with Crippen LogP contribution in [0.2, 0.25) is 0 Å². The number of hydrogen-bond acceptors (Lipinski definition) is 4. The summed E-state index contributed by atoms with van der Waals surface area (Å²) in [7, 11) is 0. The van der Waals surface area contributed by atoms with Crippen molar-refractivity contribution in [2.75, 3.05) is 0 Å². The van der Waals surface area contributed by atoms with Gasteiger partial charge in [0, 0.05) is 5.56 Å². The van der Waals surface area contributed by atoms with Gasteiger partial charge in [0.25, 0.3) is 0 Å². The van der Waals surface area contributed by atoms with Gasteiger partial charge < -0.3 is 20.4 Å². The molecule has 2 aromatic carbocycles. The molecule has 19 heavy (non-hydrogen) atoms. The van der Waals surface area contributed by atoms with Crippen LogP contribution >= 0.6 is 0 Å². The van der Waals surface area contributed by atoms with E-state index in [1.165, 1.54) is 18.2 Å². The van der Waals surface area contributed by atoms with Gasteiger partial charge in [-0.1, -0.05) is 6.07 Å². The topological polar surface area (TPSA) is 98.0 Å². The van der Waals surface area contributed by atoms with Crippen LogP contribution in [0, 0.1) is 6.92 Å². The number of carboxylic acid groups (broad SMARTS) is 1. The smallest absolute Gasteiger partial charge is 0.335 e. The molecule has 0 spiro atoms. The maximum absolute atomic E-state index is 10.9. The van der Waals surface area contributed by atoms with Crippen LogP contribution in [0.5, 0.6) is 17.2 Å². The number of aromatic hydroxyl groups is 3. The van der Waals surface area contributed by atoms with Crippen LogP contribution in [0.25, 0.3) is 11.1 Å². The fourth-order valence-corrected chi connectivity index (χ4v) is 1.88. The molecule has 98 valence electrons. The molecule has 2 rings (SSSR count). The molecule has 0 saturated carbocycles. The lowest BCUT2D eigenvalue weighted by atomic mass is 9.99. The van der Waals surface area contributed by atoms with E-state index < -0.39 is 17.5 Å². The molecule has 0 aliphatic carbocycles. The summed E-state index contributed by atoms with van der Waals surface area (Å²) in [4.78, 5) is 10.9. The third kappa shape index (κ3) is 2.44. The Bertz CT molecular complexity index is 641. The molecule has 0 unspecified atom stereocenters. The number of carboxylic acids is 1. The van der Waals surface area contributed by atoms with Gasteiger partial charge >= 0.3 is 5.97 Å². The highest BCUT2D eigenvalue weighted by atomic mass is 16.4. The van der Waals surface area contributed by atoms with Crippen molar-refractivity contribution in [3.63, 3.8) is 0 Å². The molecule has 2 aromatic rings. The molecule has 0 aliphatic heterocycles. The first kappa shape index (κ1) is 12.8. The van der Waals surface area contributed by atoms with E-state index in [2.05, 4.69) is 0 Å². The first-order valence-electron chi connectivity index (χ1n) is 5.49. The second-order valence-corrected chi connectivity index (χ2v) is 4.25. The number of phenolic OH excluding ortho intramolecular Hbond substituents is 3. The minimum Gasteiger partial charge on any atom is -0.508 e. The summed E-state index contributed by atoms with van der Waals surface area (Å²) in [5.41, 5.74) is 1.17. The van der Waals surface area contributed by atoms with Crippen molar-refractivity contribution in [3.05, 3.63) is 41.5 Å². The maximum Gasteiger partial charge on any atom is 0.335 e. The zero-order valence-electron chi connectivity index (χ0n) is 10.1. The van der Waals surface area contributed by atoms with Crippen LogP contribution in [-0.4, -0.2) is 26.4 Å². The lowest BCUT2D eigenvalue weighted by Crippen LogP contribution is -1.96. The molecule has 0 radical (unpaired) electrons. The summed E-state index contributed by atoms with van der Waals surface area (Å²) >= 11 is 0. The Morgan fingerprint density at radius 1 is 1.00 bits per heavy atom. The standard InChI is InChI=1S/C14H12O5/c1-7-2-8(4-10(15)3-7)11-5-9(14(18)19)6-12(16)13(11)17/h2-6,15-17H,1H3,(H,18,19). The number of phenols is 3. The Morgan fingerprint density at radius 2 is 1.68 bits per heavy atom. The molecule has 0 heterocycles. The molecule has 5 heteroatoms. The lowest BCUT2D eigenvalue weighted by molar-refractivity contribution is 0.0696. The molecule has 0 aliphatic rings. The van der Waals surface area contributed by atoms with Gasteiger partial charge in [0.2, 0.25) is 0 Å². The zero-order valence-corrected chi connectivity index (χ0v) is 10.1. The van der Waals surface area contributed by atoms with Gasteiger partial charge in [-0.3, -0.25) is 0 Å². The quantitative estimate of drug-likeness (QED) is 0.622. The molecule has 0 bridgehead atoms. The fourth-order valence-electron chi connectivity index (χ4n) is 1.88. The van der Waals surface area contributed by atoms with E-state index in [9.17, 15) is 20.1 Å². The lowest BCUT2D eigenvalue weighted by Gasteiger charge is -2.09. The Hall–Kier alpha value is -2.69. The molecule has 0 amide bonds. The highest BCUT2D eigenvalue weighted by Crippen LogP contribution is 2.39. The number of rotatable bonds is 2. The summed E-state index contributed by atoms with van der Waals surface area (Å²) in [6.07, 6.45) is 0. The minimum atomic E-state index is -1.21. The van der Waals surface area contributed by atoms with Crippen molar-refractivity contribution in [2.45, 2.75) is 6.92 Å². The third-order valence-electron chi connectivity index (χ3n) is 2.71. The van der Waals surface area contributed by atoms with Crippen LogP contribution in [0.3, 0.4) is 0 Å². The van der Waals surface area contributed by atoms with Crippen molar-refractivity contribution in [3.8, 4) is 28.4 Å². The maximum atomic E-state index is 10.9. The highest BCUT2D eigenvalue weighted by molar-refractivity contribution is 5.91. The number of carbonyl (C=O) groups is 1. The van der Waals surface area contributed by atoms with Crippen molar-refractivity contribution < 1.29 is 25.2 Å². The van der Waals surface area contributed by atoms with Crippen LogP contribution in [0.4, 0.5) is 0 Å². The molecule has 0 atom stereocenters. The average Bonchev–Trinajstić information content (AvgIpc) is 2.30. The van der Waals surface area contributed by atoms with Gasteiger partial charge in [-0.2, -0.15) is 0 Å². The van der Waals surface area contributed by atoms with Gasteiger partial charge in [-0.05, 0) is 42.3 Å². The van der Waals surface area contributed by atoms with Gasteiger partial charge in [-0.15, -0.1) is 0 Å². The molecule has 0 saturated heterocycles. The average molecular weight is 260 g/mol. The Morgan fingerprint density at radius 3 is 2.26 bits per heavy atom. The summed E-state index contributed by atoms with van der Waals surface area (Å²) in [5, 5.41) is 37.8. The van der Waals surface area contributed by atoms with E-state index in [0.29, 0.717) is 5.56 Å². The number of hydrogen-bond donors (Lipinski definition) is 4. The predicted molar refractivity (Wildman–Crippen MR) is 68.6 cm³/mol. The van der Waals surface area contributed by atoms with Gasteiger partial charge in [0.1, 0.15) is 5.75 Å². The monoisotopic (exact) mass is 260 g/mol. The van der Waals surface area contributed by atoms with Crippen molar-refractivity contribution >= 4 is 5.97 Å². The second kappa shape index (κ2) is 4.53. The molecule has 0 fully saturated rings. The van der Waals surface area contributed by atoms with Gasteiger partial charge in [0.15, 0.2) is 11.5 Å². The zero-order chi connectivity index (χ0) is 14.2. The molecule has 4 N–H and O–H groups in total. The Kier molecular flexibility index (Phi) is 3.04. The first-order valence-corrected chi connectivity index (χ1v) is 5.49. The number of aryl methyl sites for hydroxylation is 1. The normalized spacial score (nSPS) is 10.4. The largest absolute Gasteiger partial charge is 0.508 e. The van der Waals surface area contributed by atoms with Crippen molar-refractivity contribution in [1.29, 1.82) is 0 Å². The van der Waals surface area contributed by atoms with Crippen LogP contribution in [0.15, 0.2) is 30.3 Å². The molecule has 0 aromatic heterocycles. The van der Waals surface area contributed by atoms with Crippen molar-refractivity contribution in [1.82, 2.24) is 0 Å². The number of benzene rings is 2. The highest BCUT2D eigenvalue weighted by Gasteiger charge is 2.15. The van der Waals surface area contributed by atoms with Crippen LogP contribution in [0.1, 0.15) is 15.9 Å². The molecular formula is C14H12O5. The second-order valence-electron chi connectivity index (χ2n) is 4.25. The van der Waals surface area contributed by atoms with E-state index in [0.717, 1.165) is 11.6 Å². The van der Waals surface area contributed by atoms with Crippen LogP contribution < -0.4 is 0 Å². The summed E-state index contributed by atoms with van der Waals surface area (Å²) in [6, 6.07) is 6.79. The van der Waals surface area contributed by atoms with E-state index in [1.807, 2.05) is 0 Å². The number of aromatic carboxylic acids is 1. The van der Waals surface area contributed by atoms with E-state index in [1.54, 1.807) is 13.0 Å². The van der Waals surface area contributed by atoms with E-state index in [-0.39, 0.29) is 16.9 Å². The van der Waals surface area contributed by atoms with Gasteiger partial charge in [0.05, 0.1) is 5.56 Å². The minimum absolute atomic E-state index is 0.00498. The summed E-state index contributed by atoms with van der Waals surface area (Å²) in [6.45, 7) is 1.75. The summed E-state index contributed by atoms with van der Waals surface area (Å²) in [5.74, 6) is -2.16. The predicted octanol–water partition coefficient (Wildman–Crippen LogP) is 2.48. The fraction of sp³-hybridized carbons (Fsp3) is 0.0714. The first-order chi connectivity index (χ1) is 8.88. The summed E-state index contributed by atoms with van der Waals surface area (Å²) < 4.78 is 0. The van der Waals surface area contributed by atoms with E-state index in [4.69, 9.17) is 5.11 Å². The third-order valence-corrected chi connectivity index (χ3v) is 2.71. The van der Waals surface area contributed by atoms with Crippen LogP contribution in [-0.2, 0) is 0 Å². The molecule has 5 nitrogen and oxygen atoms in total. The Labute approximate surface area is 109 Å².